The Morgan fingerprint density at radius 1 is 1.00 bits per heavy atom. The molecule has 0 fully saturated rings. The van der Waals surface area contributed by atoms with Gasteiger partial charge in [-0.1, -0.05) is 44.4 Å². The summed E-state index contributed by atoms with van der Waals surface area (Å²) in [4.78, 5) is 12.1. The van der Waals surface area contributed by atoms with E-state index in [1.54, 1.807) is 24.3 Å². The number of ether oxygens (including phenoxy) is 2. The minimum absolute atomic E-state index is 0.0129. The zero-order chi connectivity index (χ0) is 25.1. The van der Waals surface area contributed by atoms with Crippen LogP contribution in [0.15, 0.2) is 42.5 Å². The predicted octanol–water partition coefficient (Wildman–Crippen LogP) is 5.15. The van der Waals surface area contributed by atoms with Crippen LogP contribution in [0, 0.1) is 5.92 Å². The second-order valence-electron chi connectivity index (χ2n) is 9.08. The molecule has 0 saturated carbocycles. The minimum Gasteiger partial charge on any atom is -0.465 e. The fourth-order valence-electron chi connectivity index (χ4n) is 4.20. The Balaban J connectivity index is 1.54. The highest BCUT2D eigenvalue weighted by Crippen LogP contribution is 2.37. The number of benzene rings is 2. The molecule has 1 atom stereocenters. The number of fused-ring (bicyclic) bond motifs is 1. The average molecular weight is 504 g/mol. The molecule has 192 valence electrons. The van der Waals surface area contributed by atoms with Crippen molar-refractivity contribution in [3.63, 3.8) is 0 Å². The summed E-state index contributed by atoms with van der Waals surface area (Å²) in [5, 5.41) is 0. The highest BCUT2D eigenvalue weighted by atomic mass is 32.2. The summed E-state index contributed by atoms with van der Waals surface area (Å²) < 4.78 is 41.1. The number of nitrogens with two attached hydrogens (primary N) is 1. The van der Waals surface area contributed by atoms with E-state index in [-0.39, 0.29) is 23.4 Å². The van der Waals surface area contributed by atoms with E-state index < -0.39 is 10.1 Å². The van der Waals surface area contributed by atoms with Gasteiger partial charge in [-0.25, -0.2) is 0 Å². The average Bonchev–Trinajstić information content (AvgIpc) is 3.26. The van der Waals surface area contributed by atoms with Gasteiger partial charge in [-0.05, 0) is 68.0 Å². The van der Waals surface area contributed by atoms with Crippen molar-refractivity contribution in [3.05, 3.63) is 53.6 Å². The van der Waals surface area contributed by atoms with Crippen LogP contribution in [0.4, 0.5) is 0 Å². The molecule has 2 N–H and O–H groups in total. The second kappa shape index (κ2) is 13.5. The van der Waals surface area contributed by atoms with E-state index in [0.717, 1.165) is 56.3 Å². The molecule has 0 radical (unpaired) electrons. The molecule has 0 amide bonds. The van der Waals surface area contributed by atoms with E-state index in [1.165, 1.54) is 5.56 Å². The van der Waals surface area contributed by atoms with Crippen LogP contribution in [0.2, 0.25) is 0 Å². The van der Waals surface area contributed by atoms with E-state index in [2.05, 4.69) is 6.07 Å². The maximum absolute atomic E-state index is 12.1. The van der Waals surface area contributed by atoms with Crippen LogP contribution in [0.3, 0.4) is 0 Å². The molecule has 2 aromatic carbocycles. The molecule has 8 heteroatoms. The molecule has 1 aliphatic carbocycles. The third-order valence-electron chi connectivity index (χ3n) is 6.05. The zero-order valence-electron chi connectivity index (χ0n) is 20.5. The minimum atomic E-state index is -3.63. The van der Waals surface area contributed by atoms with Crippen molar-refractivity contribution >= 4 is 16.1 Å². The summed E-state index contributed by atoms with van der Waals surface area (Å²) in [6.07, 6.45) is 7.25. The van der Waals surface area contributed by atoms with Gasteiger partial charge in [-0.15, -0.1) is 0 Å². The fourth-order valence-corrected chi connectivity index (χ4v) is 5.32. The Bertz CT molecular complexity index is 1070. The molecular formula is C27H37NO6S. The number of rotatable bonds is 15. The van der Waals surface area contributed by atoms with Crippen LogP contribution >= 0.6 is 0 Å². The normalized spacial score (nSPS) is 15.0. The van der Waals surface area contributed by atoms with E-state index in [9.17, 15) is 13.2 Å². The smallest absolute Gasteiger partial charge is 0.309 e. The maximum atomic E-state index is 12.1. The van der Waals surface area contributed by atoms with Crippen LogP contribution in [-0.2, 0) is 32.5 Å². The summed E-state index contributed by atoms with van der Waals surface area (Å²) in [5.41, 5.74) is 7.77. The Hall–Kier alpha value is -2.58. The largest absolute Gasteiger partial charge is 0.465 e. The molecule has 0 saturated heterocycles. The lowest BCUT2D eigenvalue weighted by Crippen LogP contribution is -2.14. The van der Waals surface area contributed by atoms with Crippen LogP contribution in [0.25, 0.3) is 0 Å². The first-order valence-corrected chi connectivity index (χ1v) is 14.1. The van der Waals surface area contributed by atoms with Crippen molar-refractivity contribution in [2.75, 3.05) is 18.9 Å². The molecule has 2 aromatic rings. The fraction of sp³-hybridized carbons (Fsp3) is 0.519. The molecule has 0 bridgehead atoms. The first kappa shape index (κ1) is 27.0. The molecule has 3 rings (SSSR count). The van der Waals surface area contributed by atoms with Crippen molar-refractivity contribution in [1.82, 2.24) is 0 Å². The van der Waals surface area contributed by atoms with Gasteiger partial charge in [0.05, 0.1) is 12.4 Å². The van der Waals surface area contributed by atoms with Gasteiger partial charge in [0.15, 0.2) is 0 Å². The third-order valence-corrected chi connectivity index (χ3v) is 7.29. The lowest BCUT2D eigenvalue weighted by atomic mass is 10.1. The lowest BCUT2D eigenvalue weighted by Gasteiger charge is -2.12. The van der Waals surface area contributed by atoms with Crippen molar-refractivity contribution in [2.45, 2.75) is 64.7 Å². The van der Waals surface area contributed by atoms with Crippen LogP contribution in [0.5, 0.6) is 17.2 Å². The Morgan fingerprint density at radius 2 is 1.77 bits per heavy atom. The van der Waals surface area contributed by atoms with Gasteiger partial charge in [0.25, 0.3) is 0 Å². The van der Waals surface area contributed by atoms with E-state index >= 15 is 0 Å². The maximum Gasteiger partial charge on any atom is 0.309 e. The quantitative estimate of drug-likeness (QED) is 0.203. The van der Waals surface area contributed by atoms with Crippen molar-refractivity contribution < 1.29 is 26.9 Å². The van der Waals surface area contributed by atoms with Gasteiger partial charge in [0, 0.05) is 18.4 Å². The second-order valence-corrected chi connectivity index (χ2v) is 10.8. The number of esters is 1. The van der Waals surface area contributed by atoms with Gasteiger partial charge >= 0.3 is 16.1 Å². The number of hydrogen-bond acceptors (Lipinski definition) is 7. The van der Waals surface area contributed by atoms with Gasteiger partial charge in [-0.2, -0.15) is 8.42 Å². The summed E-state index contributed by atoms with van der Waals surface area (Å²) in [6.45, 7) is 3.02. The predicted molar refractivity (Wildman–Crippen MR) is 136 cm³/mol. The zero-order valence-corrected chi connectivity index (χ0v) is 21.4. The molecule has 0 aliphatic heterocycles. The van der Waals surface area contributed by atoms with E-state index in [4.69, 9.17) is 19.4 Å². The summed E-state index contributed by atoms with van der Waals surface area (Å²) >= 11 is 0. The summed E-state index contributed by atoms with van der Waals surface area (Å²) in [6, 6.07) is 12.6. The van der Waals surface area contributed by atoms with Crippen molar-refractivity contribution in [3.8, 4) is 17.2 Å². The highest BCUT2D eigenvalue weighted by Gasteiger charge is 2.26. The molecule has 35 heavy (non-hydrogen) atoms. The first-order chi connectivity index (χ1) is 16.9. The Labute approximate surface area is 209 Å². The first-order valence-electron chi connectivity index (χ1n) is 12.6. The van der Waals surface area contributed by atoms with Crippen LogP contribution in [-0.4, -0.2) is 33.3 Å². The number of hydrogen-bond donors (Lipinski definition) is 1. The van der Waals surface area contributed by atoms with Crippen LogP contribution in [0.1, 0.15) is 63.0 Å². The number of carbonyl (C=O) groups is 1. The molecule has 1 aliphatic rings. The van der Waals surface area contributed by atoms with E-state index in [1.807, 2.05) is 19.1 Å². The Morgan fingerprint density at radius 3 is 2.57 bits per heavy atom. The molecule has 0 unspecified atom stereocenters. The van der Waals surface area contributed by atoms with Crippen molar-refractivity contribution in [1.29, 1.82) is 0 Å². The molecule has 0 aromatic heterocycles. The number of carbonyl (C=O) groups excluding carboxylic acids is 1. The standard InChI is InChI=1S/C27H37NO6S/c1-2-3-16-35(30,31)34-24-12-9-11-23(19-24)33-26-13-8-10-22-17-21(18-25(22)26)20-32-27(29)14-6-4-5-7-15-28/h8-13,19,21H,2-7,14-18,20,28H2,1H3/t21-/m1/s1. The monoisotopic (exact) mass is 503 g/mol. The van der Waals surface area contributed by atoms with Gasteiger partial charge in [0.2, 0.25) is 0 Å². The highest BCUT2D eigenvalue weighted by molar-refractivity contribution is 7.87. The summed E-state index contributed by atoms with van der Waals surface area (Å²) in [7, 11) is -3.63. The lowest BCUT2D eigenvalue weighted by molar-refractivity contribution is -0.145. The third kappa shape index (κ3) is 8.85. The van der Waals surface area contributed by atoms with Crippen LogP contribution < -0.4 is 14.7 Å². The molecular weight excluding hydrogens is 466 g/mol. The Kier molecular flexibility index (Phi) is 10.4. The topological polar surface area (TPSA) is 105 Å². The molecule has 0 spiro atoms. The molecule has 7 nitrogen and oxygen atoms in total. The SMILES string of the molecule is CCCCS(=O)(=O)Oc1cccc(Oc2cccc3c2C[C@H](COC(=O)CCCCCCN)C3)c1. The van der Waals surface area contributed by atoms with Crippen molar-refractivity contribution in [2.24, 2.45) is 11.7 Å². The van der Waals surface area contributed by atoms with Gasteiger partial charge in [0.1, 0.15) is 17.2 Å². The number of unbranched alkanes of at least 4 members (excludes halogenated alkanes) is 4. The summed E-state index contributed by atoms with van der Waals surface area (Å²) in [5.74, 6) is 1.53. The van der Waals surface area contributed by atoms with Gasteiger partial charge < -0.3 is 19.4 Å². The van der Waals surface area contributed by atoms with Gasteiger partial charge in [-0.3, -0.25) is 4.79 Å². The van der Waals surface area contributed by atoms with E-state index in [0.29, 0.717) is 31.7 Å². The molecule has 0 heterocycles.